The number of amides is 1. The molecule has 0 spiro atoms. The van der Waals surface area contributed by atoms with Gasteiger partial charge in [-0.2, -0.15) is 0 Å². The van der Waals surface area contributed by atoms with Crippen molar-refractivity contribution in [1.29, 1.82) is 0 Å². The SMILES string of the molecule is NC(=O)[C@H]1CN[C@@H]2Cc3c[nH]c4cccc(c34)[C@H]2C1. The van der Waals surface area contributed by atoms with Crippen molar-refractivity contribution in [2.75, 3.05) is 6.54 Å². The Kier molecular flexibility index (Phi) is 2.23. The van der Waals surface area contributed by atoms with Gasteiger partial charge in [0, 0.05) is 35.6 Å². The zero-order chi connectivity index (χ0) is 13.0. The third kappa shape index (κ3) is 1.53. The van der Waals surface area contributed by atoms with Gasteiger partial charge in [-0.15, -0.1) is 0 Å². The van der Waals surface area contributed by atoms with Crippen LogP contribution < -0.4 is 11.1 Å². The lowest BCUT2D eigenvalue weighted by molar-refractivity contribution is -0.122. The zero-order valence-corrected chi connectivity index (χ0v) is 10.6. The van der Waals surface area contributed by atoms with Gasteiger partial charge < -0.3 is 16.0 Å². The fourth-order valence-electron chi connectivity index (χ4n) is 3.76. The molecular weight excluding hydrogens is 238 g/mol. The second kappa shape index (κ2) is 3.84. The van der Waals surface area contributed by atoms with Gasteiger partial charge in [-0.3, -0.25) is 4.79 Å². The third-order valence-corrected chi connectivity index (χ3v) is 4.71. The molecule has 98 valence electrons. The van der Waals surface area contributed by atoms with Gasteiger partial charge in [0.1, 0.15) is 0 Å². The molecule has 0 unspecified atom stereocenters. The van der Waals surface area contributed by atoms with E-state index >= 15 is 0 Å². The summed E-state index contributed by atoms with van der Waals surface area (Å²) < 4.78 is 0. The predicted octanol–water partition coefficient (Wildman–Crippen LogP) is 1.27. The number of nitrogens with one attached hydrogen (secondary N) is 2. The van der Waals surface area contributed by atoms with Crippen molar-refractivity contribution in [3.8, 4) is 0 Å². The first-order valence-electron chi connectivity index (χ1n) is 6.85. The van der Waals surface area contributed by atoms with E-state index in [2.05, 4.69) is 34.7 Å². The van der Waals surface area contributed by atoms with Crippen LogP contribution >= 0.6 is 0 Å². The lowest BCUT2D eigenvalue weighted by atomic mass is 9.73. The first-order chi connectivity index (χ1) is 9.24. The molecule has 0 bridgehead atoms. The highest BCUT2D eigenvalue weighted by atomic mass is 16.1. The number of H-pyrrole nitrogens is 1. The molecule has 1 aliphatic carbocycles. The van der Waals surface area contributed by atoms with E-state index in [0.717, 1.165) is 12.8 Å². The number of primary amides is 1. The molecule has 2 aromatic rings. The molecular formula is C15H17N3O. The van der Waals surface area contributed by atoms with Crippen molar-refractivity contribution < 1.29 is 4.79 Å². The Morgan fingerprint density at radius 3 is 3.11 bits per heavy atom. The smallest absolute Gasteiger partial charge is 0.221 e. The Labute approximate surface area is 111 Å². The van der Waals surface area contributed by atoms with E-state index in [9.17, 15) is 4.79 Å². The number of carbonyl (C=O) groups is 1. The zero-order valence-electron chi connectivity index (χ0n) is 10.6. The minimum atomic E-state index is -0.182. The minimum absolute atomic E-state index is 0.0444. The summed E-state index contributed by atoms with van der Waals surface area (Å²) in [6.45, 7) is 0.715. The van der Waals surface area contributed by atoms with Crippen LogP contribution in [0.2, 0.25) is 0 Å². The molecule has 0 radical (unpaired) electrons. The number of hydrogen-bond acceptors (Lipinski definition) is 2. The molecule has 0 saturated carbocycles. The van der Waals surface area contributed by atoms with Gasteiger partial charge in [0.05, 0.1) is 5.92 Å². The normalized spacial score (nSPS) is 29.2. The van der Waals surface area contributed by atoms with Crippen LogP contribution in [0, 0.1) is 5.92 Å². The summed E-state index contributed by atoms with van der Waals surface area (Å²) in [4.78, 5) is 14.8. The number of carbonyl (C=O) groups excluding carboxylic acids is 1. The lowest BCUT2D eigenvalue weighted by Crippen LogP contribution is -2.49. The minimum Gasteiger partial charge on any atom is -0.369 e. The number of aromatic nitrogens is 1. The number of benzene rings is 1. The highest BCUT2D eigenvalue weighted by molar-refractivity contribution is 5.88. The summed E-state index contributed by atoms with van der Waals surface area (Å²) in [5, 5.41) is 4.87. The molecule has 19 heavy (non-hydrogen) atoms. The van der Waals surface area contributed by atoms with Crippen molar-refractivity contribution >= 4 is 16.8 Å². The lowest BCUT2D eigenvalue weighted by Gasteiger charge is -2.39. The molecule has 4 heteroatoms. The van der Waals surface area contributed by atoms with E-state index in [1.807, 2.05) is 0 Å². The van der Waals surface area contributed by atoms with Gasteiger partial charge in [0.15, 0.2) is 0 Å². The quantitative estimate of drug-likeness (QED) is 0.718. The maximum absolute atomic E-state index is 11.4. The molecule has 1 aliphatic heterocycles. The Bertz CT molecular complexity index is 660. The average molecular weight is 255 g/mol. The van der Waals surface area contributed by atoms with Crippen LogP contribution in [0.5, 0.6) is 0 Å². The summed E-state index contributed by atoms with van der Waals surface area (Å²) in [6.07, 6.45) is 4.02. The maximum Gasteiger partial charge on any atom is 0.221 e. The molecule has 1 aromatic heterocycles. The van der Waals surface area contributed by atoms with Crippen LogP contribution in [0.3, 0.4) is 0 Å². The van der Waals surface area contributed by atoms with Gasteiger partial charge in [-0.1, -0.05) is 12.1 Å². The Morgan fingerprint density at radius 1 is 1.37 bits per heavy atom. The van der Waals surface area contributed by atoms with E-state index in [4.69, 9.17) is 5.73 Å². The molecule has 2 aliphatic rings. The van der Waals surface area contributed by atoms with Gasteiger partial charge >= 0.3 is 0 Å². The second-order valence-corrected chi connectivity index (χ2v) is 5.74. The van der Waals surface area contributed by atoms with Crippen molar-refractivity contribution in [2.24, 2.45) is 11.7 Å². The summed E-state index contributed by atoms with van der Waals surface area (Å²) >= 11 is 0. The third-order valence-electron chi connectivity index (χ3n) is 4.71. The molecule has 1 fully saturated rings. The van der Waals surface area contributed by atoms with Gasteiger partial charge in [0.25, 0.3) is 0 Å². The fraction of sp³-hybridized carbons (Fsp3) is 0.400. The Balaban J connectivity index is 1.82. The van der Waals surface area contributed by atoms with Gasteiger partial charge in [0.2, 0.25) is 5.91 Å². The van der Waals surface area contributed by atoms with E-state index in [-0.39, 0.29) is 11.8 Å². The Hall–Kier alpha value is -1.81. The molecule has 1 aromatic carbocycles. The van der Waals surface area contributed by atoms with Gasteiger partial charge in [-0.05, 0) is 30.0 Å². The van der Waals surface area contributed by atoms with E-state index < -0.39 is 0 Å². The summed E-state index contributed by atoms with van der Waals surface area (Å²) in [6, 6.07) is 6.84. The number of fused-ring (bicyclic) bond motifs is 2. The molecule has 4 rings (SSSR count). The van der Waals surface area contributed by atoms with Crippen LogP contribution in [0.25, 0.3) is 10.9 Å². The fourth-order valence-corrected chi connectivity index (χ4v) is 3.76. The van der Waals surface area contributed by atoms with E-state index in [0.29, 0.717) is 18.5 Å². The maximum atomic E-state index is 11.4. The molecule has 2 heterocycles. The largest absolute Gasteiger partial charge is 0.369 e. The topological polar surface area (TPSA) is 70.9 Å². The van der Waals surface area contributed by atoms with Crippen molar-refractivity contribution in [3.63, 3.8) is 0 Å². The predicted molar refractivity (Wildman–Crippen MR) is 73.8 cm³/mol. The highest BCUT2D eigenvalue weighted by Gasteiger charge is 2.37. The molecule has 3 atom stereocenters. The first-order valence-corrected chi connectivity index (χ1v) is 6.85. The number of aromatic amines is 1. The molecule has 1 saturated heterocycles. The first kappa shape index (κ1) is 11.1. The number of hydrogen-bond donors (Lipinski definition) is 3. The number of nitrogens with two attached hydrogens (primary N) is 1. The highest BCUT2D eigenvalue weighted by Crippen LogP contribution is 2.41. The van der Waals surface area contributed by atoms with Crippen molar-refractivity contribution in [3.05, 3.63) is 35.5 Å². The van der Waals surface area contributed by atoms with E-state index in [1.165, 1.54) is 22.0 Å². The van der Waals surface area contributed by atoms with Crippen LogP contribution in [0.15, 0.2) is 24.4 Å². The van der Waals surface area contributed by atoms with Crippen molar-refractivity contribution in [1.82, 2.24) is 10.3 Å². The van der Waals surface area contributed by atoms with Crippen LogP contribution in [-0.2, 0) is 11.2 Å². The summed E-state index contributed by atoms with van der Waals surface area (Å²) in [5.41, 5.74) is 9.43. The van der Waals surface area contributed by atoms with Crippen LogP contribution in [0.1, 0.15) is 23.5 Å². The summed E-state index contributed by atoms with van der Waals surface area (Å²) in [7, 11) is 0. The average Bonchev–Trinajstić information content (AvgIpc) is 2.83. The number of rotatable bonds is 1. The van der Waals surface area contributed by atoms with Gasteiger partial charge in [-0.25, -0.2) is 0 Å². The molecule has 4 nitrogen and oxygen atoms in total. The summed E-state index contributed by atoms with van der Waals surface area (Å²) in [5.74, 6) is 0.174. The second-order valence-electron chi connectivity index (χ2n) is 5.74. The number of piperidine rings is 1. The monoisotopic (exact) mass is 255 g/mol. The van der Waals surface area contributed by atoms with Crippen molar-refractivity contribution in [2.45, 2.75) is 24.8 Å². The van der Waals surface area contributed by atoms with Crippen LogP contribution in [-0.4, -0.2) is 23.5 Å². The van der Waals surface area contributed by atoms with E-state index in [1.54, 1.807) is 0 Å². The molecule has 1 amide bonds. The Morgan fingerprint density at radius 2 is 2.26 bits per heavy atom. The molecule has 4 N–H and O–H groups in total. The standard InChI is InChI=1S/C15H17N3O/c16-15(19)9-4-11-10-2-1-3-12-14(10)8(6-17-12)5-13(11)18-7-9/h1-3,6,9,11,13,17-18H,4-5,7H2,(H2,16,19)/t9-,11-,13-/m1/s1. The van der Waals surface area contributed by atoms with Crippen LogP contribution in [0.4, 0.5) is 0 Å².